The predicted molar refractivity (Wildman–Crippen MR) is 134 cm³/mol. The van der Waals surface area contributed by atoms with Crippen molar-refractivity contribution in [3.05, 3.63) is 102 Å². The standard InChI is InChI=1S/C26H22N4O3S/c1-19(31)30(23-9-3-2-4-10-23)26-29-22(18-34-26)12-13-25(32)28-21-8-5-11-24(15-21)33-17-20-7-6-14-27-16-20/h2-16,18H,17H2,1H3,(H,28,32)/b13-12+. The van der Waals surface area contributed by atoms with Crippen LogP contribution in [-0.4, -0.2) is 21.8 Å². The summed E-state index contributed by atoms with van der Waals surface area (Å²) < 4.78 is 5.77. The first-order chi connectivity index (χ1) is 16.6. The maximum Gasteiger partial charge on any atom is 0.248 e. The number of aromatic nitrogens is 2. The number of thiazole rings is 1. The number of carbonyl (C=O) groups excluding carboxylic acids is 2. The highest BCUT2D eigenvalue weighted by atomic mass is 32.1. The van der Waals surface area contributed by atoms with Crippen LogP contribution in [0.1, 0.15) is 18.2 Å². The van der Waals surface area contributed by atoms with Crippen molar-refractivity contribution in [2.75, 3.05) is 10.2 Å². The number of carbonyl (C=O) groups is 2. The lowest BCUT2D eigenvalue weighted by Crippen LogP contribution is -2.22. The Bertz CT molecular complexity index is 1290. The van der Waals surface area contributed by atoms with Crippen LogP contribution in [0.25, 0.3) is 6.08 Å². The van der Waals surface area contributed by atoms with E-state index in [4.69, 9.17) is 4.74 Å². The Labute approximate surface area is 201 Å². The molecule has 2 aromatic heterocycles. The molecule has 2 aromatic carbocycles. The van der Waals surface area contributed by atoms with Crippen LogP contribution in [0.4, 0.5) is 16.5 Å². The molecule has 1 N–H and O–H groups in total. The lowest BCUT2D eigenvalue weighted by Gasteiger charge is -2.17. The molecule has 8 heteroatoms. The first-order valence-corrected chi connectivity index (χ1v) is 11.4. The molecule has 0 spiro atoms. The van der Waals surface area contributed by atoms with Crippen molar-refractivity contribution in [2.24, 2.45) is 0 Å². The maximum atomic E-state index is 12.4. The summed E-state index contributed by atoms with van der Waals surface area (Å²) in [6.45, 7) is 1.88. The van der Waals surface area contributed by atoms with Gasteiger partial charge in [-0.15, -0.1) is 11.3 Å². The van der Waals surface area contributed by atoms with E-state index in [9.17, 15) is 9.59 Å². The quantitative estimate of drug-likeness (QED) is 0.346. The molecule has 7 nitrogen and oxygen atoms in total. The van der Waals surface area contributed by atoms with E-state index in [-0.39, 0.29) is 11.8 Å². The highest BCUT2D eigenvalue weighted by molar-refractivity contribution is 7.14. The van der Waals surface area contributed by atoms with Crippen LogP contribution in [0.2, 0.25) is 0 Å². The van der Waals surface area contributed by atoms with Gasteiger partial charge in [-0.05, 0) is 36.4 Å². The second kappa shape index (κ2) is 11.0. The summed E-state index contributed by atoms with van der Waals surface area (Å²) in [5, 5.41) is 5.15. The minimum absolute atomic E-state index is 0.139. The number of hydrogen-bond donors (Lipinski definition) is 1. The van der Waals surface area contributed by atoms with Crippen molar-refractivity contribution >= 4 is 45.7 Å². The first-order valence-electron chi connectivity index (χ1n) is 10.5. The summed E-state index contributed by atoms with van der Waals surface area (Å²) in [6, 6.07) is 20.3. The summed E-state index contributed by atoms with van der Waals surface area (Å²) in [6.07, 6.45) is 6.47. The number of pyridine rings is 1. The van der Waals surface area contributed by atoms with Crippen molar-refractivity contribution in [1.29, 1.82) is 0 Å². The second-order valence-electron chi connectivity index (χ2n) is 7.25. The third kappa shape index (κ3) is 6.14. The van der Waals surface area contributed by atoms with Gasteiger partial charge in [0, 0.05) is 48.1 Å². The number of rotatable bonds is 8. The minimum atomic E-state index is -0.301. The minimum Gasteiger partial charge on any atom is -0.489 e. The molecule has 0 unspecified atom stereocenters. The van der Waals surface area contributed by atoms with Crippen molar-refractivity contribution in [3.8, 4) is 5.75 Å². The van der Waals surface area contributed by atoms with Gasteiger partial charge in [-0.1, -0.05) is 30.3 Å². The summed E-state index contributed by atoms with van der Waals surface area (Å²) in [5.74, 6) is 0.199. The van der Waals surface area contributed by atoms with Crippen molar-refractivity contribution in [1.82, 2.24) is 9.97 Å². The van der Waals surface area contributed by atoms with Gasteiger partial charge in [0.2, 0.25) is 11.8 Å². The molecule has 0 atom stereocenters. The molecule has 0 saturated carbocycles. The Kier molecular flexibility index (Phi) is 7.42. The van der Waals surface area contributed by atoms with Crippen molar-refractivity contribution in [3.63, 3.8) is 0 Å². The number of hydrogen-bond acceptors (Lipinski definition) is 6. The van der Waals surface area contributed by atoms with E-state index in [1.807, 2.05) is 54.6 Å². The van der Waals surface area contributed by atoms with Gasteiger partial charge in [-0.3, -0.25) is 19.5 Å². The fraction of sp³-hybridized carbons (Fsp3) is 0.0769. The second-order valence-corrected chi connectivity index (χ2v) is 8.08. The third-order valence-corrected chi connectivity index (χ3v) is 5.51. The molecule has 0 fully saturated rings. The SMILES string of the molecule is CC(=O)N(c1ccccc1)c1nc(/C=C/C(=O)Nc2cccc(OCc3cccnc3)c2)cs1. The zero-order valence-electron chi connectivity index (χ0n) is 18.4. The van der Waals surface area contributed by atoms with Crippen LogP contribution in [0.5, 0.6) is 5.75 Å². The van der Waals surface area contributed by atoms with Crippen LogP contribution in [0.3, 0.4) is 0 Å². The zero-order chi connectivity index (χ0) is 23.8. The van der Waals surface area contributed by atoms with Crippen LogP contribution >= 0.6 is 11.3 Å². The Morgan fingerprint density at radius 3 is 2.71 bits per heavy atom. The summed E-state index contributed by atoms with van der Waals surface area (Å²) in [5.41, 5.74) is 2.90. The lowest BCUT2D eigenvalue weighted by molar-refractivity contribution is -0.116. The number of amides is 2. The van der Waals surface area contributed by atoms with Gasteiger partial charge in [0.25, 0.3) is 0 Å². The molecule has 0 aliphatic carbocycles. The van der Waals surface area contributed by atoms with Crippen LogP contribution < -0.4 is 15.0 Å². The van der Waals surface area contributed by atoms with Gasteiger partial charge in [0.05, 0.1) is 11.4 Å². The molecular weight excluding hydrogens is 448 g/mol. The Balaban J connectivity index is 1.37. The number of nitrogens with one attached hydrogen (secondary N) is 1. The molecule has 4 aromatic rings. The van der Waals surface area contributed by atoms with E-state index in [0.717, 1.165) is 11.3 Å². The Morgan fingerprint density at radius 2 is 1.94 bits per heavy atom. The molecule has 4 rings (SSSR count). The average Bonchev–Trinajstić information content (AvgIpc) is 3.31. The van der Waals surface area contributed by atoms with E-state index < -0.39 is 0 Å². The predicted octanol–water partition coefficient (Wildman–Crippen LogP) is 5.45. The van der Waals surface area contributed by atoms with Gasteiger partial charge in [-0.25, -0.2) is 4.98 Å². The Hall–Kier alpha value is -4.30. The topological polar surface area (TPSA) is 84.4 Å². The van der Waals surface area contributed by atoms with Crippen LogP contribution in [-0.2, 0) is 16.2 Å². The monoisotopic (exact) mass is 470 g/mol. The zero-order valence-corrected chi connectivity index (χ0v) is 19.2. The van der Waals surface area contributed by atoms with E-state index in [1.165, 1.54) is 24.3 Å². The summed E-state index contributed by atoms with van der Waals surface area (Å²) in [7, 11) is 0. The first kappa shape index (κ1) is 22.9. The van der Waals surface area contributed by atoms with Crippen molar-refractivity contribution in [2.45, 2.75) is 13.5 Å². The molecule has 0 aliphatic rings. The average molecular weight is 471 g/mol. The molecule has 2 amide bonds. The fourth-order valence-electron chi connectivity index (χ4n) is 3.12. The molecule has 0 saturated heterocycles. The number of benzene rings is 2. The number of para-hydroxylation sites is 1. The molecule has 170 valence electrons. The molecule has 0 bridgehead atoms. The normalized spacial score (nSPS) is 10.7. The highest BCUT2D eigenvalue weighted by Gasteiger charge is 2.17. The maximum absolute atomic E-state index is 12.4. The van der Waals surface area contributed by atoms with E-state index in [2.05, 4.69) is 15.3 Å². The smallest absolute Gasteiger partial charge is 0.248 e. The largest absolute Gasteiger partial charge is 0.489 e. The van der Waals surface area contributed by atoms with Gasteiger partial charge >= 0.3 is 0 Å². The van der Waals surface area contributed by atoms with Gasteiger partial charge < -0.3 is 10.1 Å². The molecule has 0 radical (unpaired) electrons. The van der Waals surface area contributed by atoms with Gasteiger partial charge in [0.1, 0.15) is 12.4 Å². The molecule has 34 heavy (non-hydrogen) atoms. The number of ether oxygens (including phenoxy) is 1. The van der Waals surface area contributed by atoms with E-state index >= 15 is 0 Å². The third-order valence-electron chi connectivity index (χ3n) is 4.67. The van der Waals surface area contributed by atoms with E-state index in [1.54, 1.807) is 40.9 Å². The fourth-order valence-corrected chi connectivity index (χ4v) is 3.97. The highest BCUT2D eigenvalue weighted by Crippen LogP contribution is 2.29. The molecular formula is C26H22N4O3S. The molecule has 0 aliphatic heterocycles. The summed E-state index contributed by atoms with van der Waals surface area (Å²) >= 11 is 1.33. The van der Waals surface area contributed by atoms with Gasteiger partial charge in [0.15, 0.2) is 5.13 Å². The summed E-state index contributed by atoms with van der Waals surface area (Å²) in [4.78, 5) is 34.7. The van der Waals surface area contributed by atoms with Gasteiger partial charge in [-0.2, -0.15) is 0 Å². The molecule has 2 heterocycles. The number of anilines is 3. The lowest BCUT2D eigenvalue weighted by atomic mass is 10.3. The number of nitrogens with zero attached hydrogens (tertiary/aromatic N) is 3. The van der Waals surface area contributed by atoms with E-state index in [0.29, 0.717) is 28.9 Å². The Morgan fingerprint density at radius 1 is 1.09 bits per heavy atom. The van der Waals surface area contributed by atoms with Crippen LogP contribution in [0.15, 0.2) is 90.6 Å². The van der Waals surface area contributed by atoms with Crippen LogP contribution in [0, 0.1) is 0 Å². The van der Waals surface area contributed by atoms with Crippen molar-refractivity contribution < 1.29 is 14.3 Å².